The van der Waals surface area contributed by atoms with Crippen LogP contribution in [0.25, 0.3) is 0 Å². The highest BCUT2D eigenvalue weighted by atomic mass is 35.5. The van der Waals surface area contributed by atoms with Gasteiger partial charge in [0.25, 0.3) is 0 Å². The monoisotopic (exact) mass is 467 g/mol. The first-order chi connectivity index (χ1) is 14.7. The summed E-state index contributed by atoms with van der Waals surface area (Å²) >= 11 is 6.17. The van der Waals surface area contributed by atoms with Crippen LogP contribution in [0.1, 0.15) is 6.42 Å². The molecule has 2 aliphatic rings. The van der Waals surface area contributed by atoms with Crippen LogP contribution >= 0.6 is 11.6 Å². The number of halogens is 1. The summed E-state index contributed by atoms with van der Waals surface area (Å²) in [4.78, 5) is 2.36. The third kappa shape index (κ3) is 4.31. The molecule has 0 bridgehead atoms. The molecule has 1 saturated heterocycles. The maximum Gasteiger partial charge on any atom is 0.210 e. The smallest absolute Gasteiger partial charge is 0.210 e. The quantitative estimate of drug-likeness (QED) is 0.517. The third-order valence-electron chi connectivity index (χ3n) is 6.23. The number of nitrogens with zero attached hydrogens (tertiary/aromatic N) is 3. The number of para-hydroxylation sites is 1. The molecule has 0 radical (unpaired) electrons. The Bertz CT molecular complexity index is 1070. The van der Waals surface area contributed by atoms with Gasteiger partial charge in [-0.15, -0.1) is 0 Å². The molecule has 2 heterocycles. The zero-order valence-corrected chi connectivity index (χ0v) is 18.7. The fourth-order valence-corrected chi connectivity index (χ4v) is 6.23. The van der Waals surface area contributed by atoms with E-state index in [2.05, 4.69) is 0 Å². The first kappa shape index (κ1) is 22.5. The maximum absolute atomic E-state index is 13.1. The standard InChI is InChI=1S/C21H26ClN3O5S/c22-17-6-7-21-19(16-17)23(18-4-1-2-5-20(18)31(21,29)30)8-3-9-24(27)10-12-25(28,13-11-24)14-15-26/h1-2,4-7,16,26H,3,8-15H2. The van der Waals surface area contributed by atoms with Crippen molar-refractivity contribution in [1.29, 1.82) is 0 Å². The number of piperazine rings is 1. The van der Waals surface area contributed by atoms with Gasteiger partial charge in [-0.1, -0.05) is 23.7 Å². The van der Waals surface area contributed by atoms with Crippen LogP contribution in [0.15, 0.2) is 52.3 Å². The van der Waals surface area contributed by atoms with Gasteiger partial charge in [0, 0.05) is 18.0 Å². The molecule has 10 heteroatoms. The molecule has 1 N–H and O–H groups in total. The molecule has 0 amide bonds. The molecule has 4 rings (SSSR count). The summed E-state index contributed by atoms with van der Waals surface area (Å²) < 4.78 is 25.2. The topological polar surface area (TPSA) is 104 Å². The third-order valence-corrected chi connectivity index (χ3v) is 8.32. The number of aliphatic hydroxyl groups is 1. The van der Waals surface area contributed by atoms with Crippen molar-refractivity contribution in [1.82, 2.24) is 0 Å². The van der Waals surface area contributed by atoms with E-state index < -0.39 is 19.1 Å². The van der Waals surface area contributed by atoms with Crippen molar-refractivity contribution in [2.75, 3.05) is 57.3 Å². The van der Waals surface area contributed by atoms with Gasteiger partial charge in [0.05, 0.1) is 34.3 Å². The second kappa shape index (κ2) is 8.32. The van der Waals surface area contributed by atoms with Crippen LogP contribution in [0.4, 0.5) is 11.4 Å². The number of hydrogen-bond donors (Lipinski definition) is 1. The van der Waals surface area contributed by atoms with Crippen molar-refractivity contribution >= 4 is 32.8 Å². The first-order valence-electron chi connectivity index (χ1n) is 10.3. The molecular formula is C21H26ClN3O5S. The Hall–Kier alpha value is -1.72. The molecule has 0 unspecified atom stereocenters. The number of fused-ring (bicyclic) bond motifs is 2. The van der Waals surface area contributed by atoms with Crippen LogP contribution in [-0.2, 0) is 9.84 Å². The number of quaternary nitrogens is 2. The highest BCUT2D eigenvalue weighted by molar-refractivity contribution is 7.92. The average Bonchev–Trinajstić information content (AvgIpc) is 2.73. The van der Waals surface area contributed by atoms with Gasteiger partial charge in [0.15, 0.2) is 0 Å². The number of hydroxylamine groups is 6. The number of sulfone groups is 1. The van der Waals surface area contributed by atoms with Crippen molar-refractivity contribution in [3.05, 3.63) is 57.9 Å². The van der Waals surface area contributed by atoms with Crippen molar-refractivity contribution in [3.8, 4) is 0 Å². The SMILES string of the molecule is O=S1(=O)c2ccccc2N(CCC[N+]2([O-])CC[N+]([O-])(CCO)CC2)c2cc(Cl)ccc21. The normalized spacial score (nSPS) is 26.9. The molecule has 1 fully saturated rings. The number of hydrogen-bond acceptors (Lipinski definition) is 6. The van der Waals surface area contributed by atoms with E-state index in [9.17, 15) is 18.8 Å². The lowest BCUT2D eigenvalue weighted by molar-refractivity contribution is -0.989. The number of anilines is 2. The van der Waals surface area contributed by atoms with E-state index in [0.29, 0.717) is 35.9 Å². The Morgan fingerprint density at radius 3 is 2.23 bits per heavy atom. The van der Waals surface area contributed by atoms with Crippen molar-refractivity contribution in [3.63, 3.8) is 0 Å². The molecule has 2 aromatic carbocycles. The highest BCUT2D eigenvalue weighted by Gasteiger charge is 2.35. The van der Waals surface area contributed by atoms with Gasteiger partial charge in [0.1, 0.15) is 32.7 Å². The van der Waals surface area contributed by atoms with Crippen LogP contribution in [0, 0.1) is 10.4 Å². The number of rotatable bonds is 6. The van der Waals surface area contributed by atoms with Gasteiger partial charge < -0.3 is 29.7 Å². The molecule has 0 spiro atoms. The highest BCUT2D eigenvalue weighted by Crippen LogP contribution is 2.44. The van der Waals surface area contributed by atoms with Gasteiger partial charge in [-0.3, -0.25) is 0 Å². The maximum atomic E-state index is 13.1. The predicted octanol–water partition coefficient (Wildman–Crippen LogP) is 2.65. The van der Waals surface area contributed by atoms with Crippen LogP contribution in [0.5, 0.6) is 0 Å². The molecular weight excluding hydrogens is 442 g/mol. The summed E-state index contributed by atoms with van der Waals surface area (Å²) in [5, 5.41) is 35.0. The van der Waals surface area contributed by atoms with E-state index in [1.807, 2.05) is 4.90 Å². The zero-order valence-electron chi connectivity index (χ0n) is 17.1. The Labute approximate surface area is 187 Å². The van der Waals surface area contributed by atoms with Gasteiger partial charge in [-0.25, -0.2) is 8.42 Å². The predicted molar refractivity (Wildman–Crippen MR) is 119 cm³/mol. The van der Waals surface area contributed by atoms with Crippen LogP contribution in [-0.4, -0.2) is 75.2 Å². The number of aliphatic hydroxyl groups excluding tert-OH is 1. The van der Waals surface area contributed by atoms with E-state index in [4.69, 9.17) is 16.7 Å². The Balaban J connectivity index is 1.53. The number of benzene rings is 2. The second-order valence-electron chi connectivity index (χ2n) is 8.27. The van der Waals surface area contributed by atoms with Gasteiger partial charge in [-0.05, 0) is 30.3 Å². The minimum atomic E-state index is -3.65. The first-order valence-corrected chi connectivity index (χ1v) is 12.2. The summed E-state index contributed by atoms with van der Waals surface area (Å²) in [5.74, 6) is 0. The van der Waals surface area contributed by atoms with Gasteiger partial charge in [-0.2, -0.15) is 0 Å². The van der Waals surface area contributed by atoms with E-state index in [1.54, 1.807) is 36.4 Å². The average molecular weight is 468 g/mol. The lowest BCUT2D eigenvalue weighted by atomic mass is 10.2. The molecule has 2 aromatic rings. The van der Waals surface area contributed by atoms with Gasteiger partial charge in [0.2, 0.25) is 9.84 Å². The Morgan fingerprint density at radius 2 is 1.55 bits per heavy atom. The molecule has 2 aliphatic heterocycles. The van der Waals surface area contributed by atoms with Crippen molar-refractivity contribution < 1.29 is 22.8 Å². The van der Waals surface area contributed by atoms with Crippen molar-refractivity contribution in [2.24, 2.45) is 0 Å². The fourth-order valence-electron chi connectivity index (χ4n) is 4.42. The summed E-state index contributed by atoms with van der Waals surface area (Å²) in [7, 11) is -3.65. The van der Waals surface area contributed by atoms with Gasteiger partial charge >= 0.3 is 0 Å². The molecule has 0 atom stereocenters. The molecule has 0 aromatic heterocycles. The molecule has 31 heavy (non-hydrogen) atoms. The van der Waals surface area contributed by atoms with E-state index in [1.165, 1.54) is 6.07 Å². The van der Waals surface area contributed by atoms with E-state index in [-0.39, 0.29) is 49.1 Å². The minimum Gasteiger partial charge on any atom is -0.632 e. The zero-order chi connectivity index (χ0) is 22.3. The van der Waals surface area contributed by atoms with Crippen LogP contribution in [0.3, 0.4) is 0 Å². The molecule has 0 saturated carbocycles. The second-order valence-corrected chi connectivity index (χ2v) is 10.6. The van der Waals surface area contributed by atoms with E-state index in [0.717, 1.165) is 0 Å². The molecule has 0 aliphatic carbocycles. The molecule has 168 valence electrons. The molecule has 8 nitrogen and oxygen atoms in total. The summed E-state index contributed by atoms with van der Waals surface area (Å²) in [6, 6.07) is 11.6. The summed E-state index contributed by atoms with van der Waals surface area (Å²) in [6.07, 6.45) is 0.530. The Kier molecular flexibility index (Phi) is 6.04. The minimum absolute atomic E-state index is 0.122. The lowest BCUT2D eigenvalue weighted by Gasteiger charge is -2.54. The summed E-state index contributed by atoms with van der Waals surface area (Å²) in [6.45, 7) is 1.57. The van der Waals surface area contributed by atoms with Crippen LogP contribution < -0.4 is 4.90 Å². The summed E-state index contributed by atoms with van der Waals surface area (Å²) in [5.41, 5.74) is 1.09. The lowest BCUT2D eigenvalue weighted by Crippen LogP contribution is -2.63. The van der Waals surface area contributed by atoms with Crippen LogP contribution in [0.2, 0.25) is 5.02 Å². The Morgan fingerprint density at radius 1 is 0.935 bits per heavy atom. The largest absolute Gasteiger partial charge is 0.632 e. The van der Waals surface area contributed by atoms with E-state index >= 15 is 0 Å². The fraction of sp³-hybridized carbons (Fsp3) is 0.429. The van der Waals surface area contributed by atoms with Crippen molar-refractivity contribution in [2.45, 2.75) is 16.2 Å².